The Hall–Kier alpha value is -3.35. The molecule has 5 rings (SSSR count). The maximum atomic E-state index is 13.4. The summed E-state index contributed by atoms with van der Waals surface area (Å²) in [5.41, 5.74) is 1.70. The molecule has 0 bridgehead atoms. The van der Waals surface area contributed by atoms with E-state index in [-0.39, 0.29) is 24.3 Å². The van der Waals surface area contributed by atoms with Crippen LogP contribution in [0.3, 0.4) is 0 Å². The number of likely N-dealkylation sites (tertiary alicyclic amines) is 2. The minimum atomic E-state index is -0.867. The maximum Gasteiger partial charge on any atom is 0.242 e. The first-order valence-corrected chi connectivity index (χ1v) is 10.7. The summed E-state index contributed by atoms with van der Waals surface area (Å²) in [7, 11) is 1.60. The number of ether oxygens (including phenoxy) is 1. The zero-order chi connectivity index (χ0) is 21.6. The Balaban J connectivity index is 1.59. The second-order valence-corrected chi connectivity index (χ2v) is 8.41. The van der Waals surface area contributed by atoms with Crippen LogP contribution in [0.15, 0.2) is 48.5 Å². The van der Waals surface area contributed by atoms with E-state index in [0.29, 0.717) is 31.7 Å². The second-order valence-electron chi connectivity index (χ2n) is 8.41. The third kappa shape index (κ3) is 2.99. The van der Waals surface area contributed by atoms with E-state index in [0.717, 1.165) is 23.2 Å². The van der Waals surface area contributed by atoms with E-state index in [2.05, 4.69) is 5.32 Å². The SMILES string of the molecule is COc1cccc([C@@H]2N(C(=O)CN3CCCC3=O)CC[C@]23C(=O)Nc2ccccc23)c1. The molecule has 1 N–H and O–H groups in total. The van der Waals surface area contributed by atoms with Gasteiger partial charge in [-0.15, -0.1) is 0 Å². The first kappa shape index (κ1) is 19.6. The summed E-state index contributed by atoms with van der Waals surface area (Å²) in [6.07, 6.45) is 1.80. The number of anilines is 1. The van der Waals surface area contributed by atoms with E-state index in [9.17, 15) is 14.4 Å². The third-order valence-electron chi connectivity index (χ3n) is 6.81. The lowest BCUT2D eigenvalue weighted by Gasteiger charge is -2.35. The van der Waals surface area contributed by atoms with E-state index < -0.39 is 11.5 Å². The van der Waals surface area contributed by atoms with Crippen LogP contribution in [0.25, 0.3) is 0 Å². The standard InChI is InChI=1S/C24H25N3O4/c1-31-17-7-4-6-16(14-17)22-24(18-8-2-3-9-19(18)25-23(24)30)11-13-27(22)21(29)15-26-12-5-10-20(26)28/h2-4,6-9,14,22H,5,10-13,15H2,1H3,(H,25,30)/t22-,24+/m0/s1. The average Bonchev–Trinajstić information content (AvgIpc) is 3.46. The Morgan fingerprint density at radius 2 is 2.00 bits per heavy atom. The molecule has 7 heteroatoms. The zero-order valence-electron chi connectivity index (χ0n) is 17.5. The fourth-order valence-electron chi connectivity index (χ4n) is 5.36. The molecule has 0 aromatic heterocycles. The van der Waals surface area contributed by atoms with Crippen LogP contribution >= 0.6 is 0 Å². The molecule has 0 radical (unpaired) electrons. The fraction of sp³-hybridized carbons (Fsp3) is 0.375. The molecule has 2 saturated heterocycles. The van der Waals surface area contributed by atoms with Gasteiger partial charge in [0.05, 0.1) is 19.7 Å². The van der Waals surface area contributed by atoms with Crippen molar-refractivity contribution in [2.75, 3.05) is 32.1 Å². The van der Waals surface area contributed by atoms with Crippen LogP contribution in [-0.2, 0) is 19.8 Å². The van der Waals surface area contributed by atoms with Crippen molar-refractivity contribution >= 4 is 23.4 Å². The monoisotopic (exact) mass is 419 g/mol. The fourth-order valence-corrected chi connectivity index (χ4v) is 5.36. The Kier molecular flexibility index (Phi) is 4.68. The zero-order valence-corrected chi connectivity index (χ0v) is 17.5. The molecule has 2 aromatic rings. The largest absolute Gasteiger partial charge is 0.497 e. The summed E-state index contributed by atoms with van der Waals surface area (Å²) in [6.45, 7) is 1.11. The molecule has 2 fully saturated rings. The van der Waals surface area contributed by atoms with E-state index in [1.807, 2.05) is 48.5 Å². The number of para-hydroxylation sites is 1. The predicted molar refractivity (Wildman–Crippen MR) is 115 cm³/mol. The second kappa shape index (κ2) is 7.41. The summed E-state index contributed by atoms with van der Waals surface area (Å²) in [5.74, 6) is 0.476. The highest BCUT2D eigenvalue weighted by Gasteiger charge is 2.59. The number of rotatable bonds is 4. The van der Waals surface area contributed by atoms with Crippen molar-refractivity contribution in [2.45, 2.75) is 30.7 Å². The van der Waals surface area contributed by atoms with E-state index in [1.165, 1.54) is 0 Å². The van der Waals surface area contributed by atoms with Crippen LogP contribution in [-0.4, -0.2) is 54.3 Å². The number of carbonyl (C=O) groups excluding carboxylic acids is 3. The minimum Gasteiger partial charge on any atom is -0.497 e. The van der Waals surface area contributed by atoms with Crippen LogP contribution in [0.4, 0.5) is 5.69 Å². The molecule has 3 heterocycles. The van der Waals surface area contributed by atoms with Gasteiger partial charge in [-0.1, -0.05) is 30.3 Å². The van der Waals surface area contributed by atoms with E-state index >= 15 is 0 Å². The van der Waals surface area contributed by atoms with Gasteiger partial charge in [0.15, 0.2) is 0 Å². The van der Waals surface area contributed by atoms with Gasteiger partial charge in [0, 0.05) is 25.2 Å². The molecule has 3 aliphatic rings. The predicted octanol–water partition coefficient (Wildman–Crippen LogP) is 2.48. The molecule has 3 amide bonds. The number of carbonyl (C=O) groups is 3. The number of amides is 3. The Morgan fingerprint density at radius 1 is 1.16 bits per heavy atom. The van der Waals surface area contributed by atoms with Crippen LogP contribution in [0.5, 0.6) is 5.75 Å². The molecule has 2 atom stereocenters. The lowest BCUT2D eigenvalue weighted by Crippen LogP contribution is -2.45. The number of hydrogen-bond donors (Lipinski definition) is 1. The Morgan fingerprint density at radius 3 is 2.77 bits per heavy atom. The molecule has 31 heavy (non-hydrogen) atoms. The van der Waals surface area contributed by atoms with Gasteiger partial charge >= 0.3 is 0 Å². The minimum absolute atomic E-state index is 0.0177. The molecule has 7 nitrogen and oxygen atoms in total. The number of hydrogen-bond acceptors (Lipinski definition) is 4. The summed E-state index contributed by atoms with van der Waals surface area (Å²) in [5, 5.41) is 3.03. The van der Waals surface area contributed by atoms with E-state index in [1.54, 1.807) is 16.9 Å². The molecule has 0 aliphatic carbocycles. The van der Waals surface area contributed by atoms with Gasteiger partial charge in [0.25, 0.3) is 0 Å². The smallest absolute Gasteiger partial charge is 0.242 e. The number of methoxy groups -OCH3 is 1. The lowest BCUT2D eigenvalue weighted by molar-refractivity contribution is -0.139. The van der Waals surface area contributed by atoms with Gasteiger partial charge in [0.2, 0.25) is 17.7 Å². The summed E-state index contributed by atoms with van der Waals surface area (Å²) >= 11 is 0. The first-order chi connectivity index (χ1) is 15.0. The number of fused-ring (bicyclic) bond motifs is 2. The van der Waals surface area contributed by atoms with Crippen LogP contribution < -0.4 is 10.1 Å². The van der Waals surface area contributed by atoms with Gasteiger partial charge < -0.3 is 19.9 Å². The lowest BCUT2D eigenvalue weighted by atomic mass is 9.72. The summed E-state index contributed by atoms with van der Waals surface area (Å²) < 4.78 is 5.42. The highest BCUT2D eigenvalue weighted by molar-refractivity contribution is 6.07. The number of nitrogens with zero attached hydrogens (tertiary/aromatic N) is 2. The average molecular weight is 419 g/mol. The van der Waals surface area contributed by atoms with Gasteiger partial charge in [0.1, 0.15) is 11.2 Å². The van der Waals surface area contributed by atoms with Crippen molar-refractivity contribution in [3.63, 3.8) is 0 Å². The topological polar surface area (TPSA) is 79.0 Å². The van der Waals surface area contributed by atoms with Gasteiger partial charge in [-0.3, -0.25) is 14.4 Å². The van der Waals surface area contributed by atoms with Gasteiger partial charge in [-0.25, -0.2) is 0 Å². The van der Waals surface area contributed by atoms with Crippen molar-refractivity contribution in [1.82, 2.24) is 9.80 Å². The first-order valence-electron chi connectivity index (χ1n) is 10.7. The molecule has 1 spiro atoms. The summed E-state index contributed by atoms with van der Waals surface area (Å²) in [6, 6.07) is 14.8. The Bertz CT molecular complexity index is 1070. The highest BCUT2D eigenvalue weighted by Crippen LogP contribution is 2.54. The summed E-state index contributed by atoms with van der Waals surface area (Å²) in [4.78, 5) is 42.3. The van der Waals surface area contributed by atoms with Gasteiger partial charge in [-0.2, -0.15) is 0 Å². The van der Waals surface area contributed by atoms with Gasteiger partial charge in [-0.05, 0) is 42.2 Å². The van der Waals surface area contributed by atoms with Crippen molar-refractivity contribution in [3.05, 3.63) is 59.7 Å². The van der Waals surface area contributed by atoms with E-state index in [4.69, 9.17) is 4.74 Å². The van der Waals surface area contributed by atoms with Crippen molar-refractivity contribution < 1.29 is 19.1 Å². The molecule has 2 aromatic carbocycles. The Labute approximate surface area is 181 Å². The maximum absolute atomic E-state index is 13.4. The molecular weight excluding hydrogens is 394 g/mol. The molecule has 0 unspecified atom stereocenters. The van der Waals surface area contributed by atoms with Crippen molar-refractivity contribution in [1.29, 1.82) is 0 Å². The quantitative estimate of drug-likeness (QED) is 0.826. The molecule has 160 valence electrons. The van der Waals surface area contributed by atoms with Crippen molar-refractivity contribution in [2.24, 2.45) is 0 Å². The molecule has 3 aliphatic heterocycles. The highest BCUT2D eigenvalue weighted by atomic mass is 16.5. The van der Waals surface area contributed by atoms with Crippen LogP contribution in [0, 0.1) is 0 Å². The number of nitrogens with one attached hydrogen (secondary N) is 1. The molecular formula is C24H25N3O4. The third-order valence-corrected chi connectivity index (χ3v) is 6.81. The van der Waals surface area contributed by atoms with Crippen molar-refractivity contribution in [3.8, 4) is 5.75 Å². The van der Waals surface area contributed by atoms with Crippen LogP contribution in [0.1, 0.15) is 36.4 Å². The number of benzene rings is 2. The normalized spacial score (nSPS) is 24.6. The van der Waals surface area contributed by atoms with Crippen LogP contribution in [0.2, 0.25) is 0 Å². The molecule has 0 saturated carbocycles.